The Bertz CT molecular complexity index is 441. The smallest absolute Gasteiger partial charge is 0.339 e. The van der Waals surface area contributed by atoms with E-state index in [2.05, 4.69) is 22.1 Å². The third kappa shape index (κ3) is 5.01. The molecule has 1 fully saturated rings. The zero-order valence-corrected chi connectivity index (χ0v) is 13.0. The van der Waals surface area contributed by atoms with Crippen LogP contribution in [0.4, 0.5) is 5.82 Å². The van der Waals surface area contributed by atoms with Crippen LogP contribution >= 0.6 is 0 Å². The van der Waals surface area contributed by atoms with Gasteiger partial charge < -0.3 is 15.0 Å². The van der Waals surface area contributed by atoms with Crippen LogP contribution < -0.4 is 5.32 Å². The molecule has 1 saturated heterocycles. The second-order valence-corrected chi connectivity index (χ2v) is 5.65. The zero-order valence-electron chi connectivity index (χ0n) is 13.0. The van der Waals surface area contributed by atoms with E-state index >= 15 is 0 Å². The standard InChI is InChI=1S/C16H25N3O2/c1-3-21-16(20)14-6-7-15(18-11-14)17-10-13(2)12-19-8-4-5-9-19/h6-7,11,13H,3-5,8-10,12H2,1-2H3,(H,17,18). The summed E-state index contributed by atoms with van der Waals surface area (Å²) in [5, 5.41) is 3.33. The van der Waals surface area contributed by atoms with Gasteiger partial charge in [0.1, 0.15) is 5.82 Å². The summed E-state index contributed by atoms with van der Waals surface area (Å²) < 4.78 is 4.94. The van der Waals surface area contributed by atoms with Gasteiger partial charge in [-0.3, -0.25) is 0 Å². The summed E-state index contributed by atoms with van der Waals surface area (Å²) in [4.78, 5) is 18.3. The summed E-state index contributed by atoms with van der Waals surface area (Å²) in [5.74, 6) is 1.06. The summed E-state index contributed by atoms with van der Waals surface area (Å²) in [6.45, 7) is 8.91. The second kappa shape index (κ2) is 7.98. The normalized spacial score (nSPS) is 16.7. The van der Waals surface area contributed by atoms with Gasteiger partial charge in [-0.25, -0.2) is 9.78 Å². The Morgan fingerprint density at radius 1 is 1.43 bits per heavy atom. The zero-order chi connectivity index (χ0) is 15.1. The molecule has 0 spiro atoms. The van der Waals surface area contributed by atoms with Gasteiger partial charge in [-0.1, -0.05) is 6.92 Å². The molecule has 0 aromatic carbocycles. The number of hydrogen-bond donors (Lipinski definition) is 1. The van der Waals surface area contributed by atoms with Crippen LogP contribution in [0.2, 0.25) is 0 Å². The van der Waals surface area contributed by atoms with E-state index in [1.165, 1.54) is 25.9 Å². The number of nitrogens with zero attached hydrogens (tertiary/aromatic N) is 2. The maximum absolute atomic E-state index is 11.5. The number of rotatable bonds is 7. The molecule has 21 heavy (non-hydrogen) atoms. The summed E-state index contributed by atoms with van der Waals surface area (Å²) in [6.07, 6.45) is 4.22. The molecule has 1 aromatic rings. The van der Waals surface area contributed by atoms with Crippen LogP contribution in [0.1, 0.15) is 37.0 Å². The van der Waals surface area contributed by atoms with Gasteiger partial charge in [0.05, 0.1) is 12.2 Å². The molecule has 5 heteroatoms. The fourth-order valence-electron chi connectivity index (χ4n) is 2.58. The van der Waals surface area contributed by atoms with Crippen molar-refractivity contribution in [1.82, 2.24) is 9.88 Å². The van der Waals surface area contributed by atoms with E-state index < -0.39 is 0 Å². The number of anilines is 1. The Labute approximate surface area is 126 Å². The number of aromatic nitrogens is 1. The number of ether oxygens (including phenoxy) is 1. The summed E-state index contributed by atoms with van der Waals surface area (Å²) in [5.41, 5.74) is 0.493. The number of likely N-dealkylation sites (tertiary alicyclic amines) is 1. The number of esters is 1. The third-order valence-electron chi connectivity index (χ3n) is 3.67. The van der Waals surface area contributed by atoms with Crippen molar-refractivity contribution in [3.05, 3.63) is 23.9 Å². The van der Waals surface area contributed by atoms with Crippen molar-refractivity contribution < 1.29 is 9.53 Å². The Kier molecular flexibility index (Phi) is 5.99. The molecule has 0 saturated carbocycles. The molecule has 0 amide bonds. The quantitative estimate of drug-likeness (QED) is 0.782. The van der Waals surface area contributed by atoms with Gasteiger partial charge in [-0.2, -0.15) is 0 Å². The first kappa shape index (κ1) is 15.8. The molecule has 1 atom stereocenters. The van der Waals surface area contributed by atoms with Gasteiger partial charge in [0.25, 0.3) is 0 Å². The minimum absolute atomic E-state index is 0.320. The largest absolute Gasteiger partial charge is 0.462 e. The average molecular weight is 291 g/mol. The van der Waals surface area contributed by atoms with Crippen LogP contribution in [-0.2, 0) is 4.74 Å². The topological polar surface area (TPSA) is 54.5 Å². The van der Waals surface area contributed by atoms with E-state index in [0.29, 0.717) is 18.1 Å². The van der Waals surface area contributed by atoms with Gasteiger partial charge >= 0.3 is 5.97 Å². The molecule has 0 radical (unpaired) electrons. The van der Waals surface area contributed by atoms with Gasteiger partial charge in [0.15, 0.2) is 0 Å². The molecule has 1 unspecified atom stereocenters. The van der Waals surface area contributed by atoms with Crippen LogP contribution in [0.15, 0.2) is 18.3 Å². The van der Waals surface area contributed by atoms with Crippen LogP contribution in [-0.4, -0.2) is 48.6 Å². The van der Waals surface area contributed by atoms with Crippen LogP contribution in [0.5, 0.6) is 0 Å². The first-order valence-corrected chi connectivity index (χ1v) is 7.78. The molecular weight excluding hydrogens is 266 g/mol. The molecule has 2 heterocycles. The van der Waals surface area contributed by atoms with Crippen molar-refractivity contribution in [2.75, 3.05) is 38.1 Å². The van der Waals surface area contributed by atoms with E-state index in [1.54, 1.807) is 19.2 Å². The highest BCUT2D eigenvalue weighted by Gasteiger charge is 2.14. The molecular formula is C16H25N3O2. The lowest BCUT2D eigenvalue weighted by Crippen LogP contribution is -2.29. The van der Waals surface area contributed by atoms with E-state index in [1.807, 2.05) is 6.07 Å². The maximum Gasteiger partial charge on any atom is 0.339 e. The summed E-state index contributed by atoms with van der Waals surface area (Å²) in [6, 6.07) is 3.58. The first-order chi connectivity index (χ1) is 10.2. The van der Waals surface area contributed by atoms with Gasteiger partial charge in [-0.15, -0.1) is 0 Å². The Balaban J connectivity index is 1.76. The van der Waals surface area contributed by atoms with Gasteiger partial charge in [-0.05, 0) is 50.9 Å². The highest BCUT2D eigenvalue weighted by Crippen LogP contribution is 2.11. The molecule has 1 aromatic heterocycles. The fraction of sp³-hybridized carbons (Fsp3) is 0.625. The molecule has 0 aliphatic carbocycles. The summed E-state index contributed by atoms with van der Waals surface area (Å²) >= 11 is 0. The molecule has 0 bridgehead atoms. The predicted molar refractivity (Wildman–Crippen MR) is 83.5 cm³/mol. The average Bonchev–Trinajstić information content (AvgIpc) is 2.99. The van der Waals surface area contributed by atoms with E-state index in [4.69, 9.17) is 4.74 Å². The SMILES string of the molecule is CCOC(=O)c1ccc(NCC(C)CN2CCCC2)nc1. The molecule has 1 N–H and O–H groups in total. The highest BCUT2D eigenvalue weighted by molar-refractivity contribution is 5.89. The molecule has 1 aliphatic rings. The van der Waals surface area contributed by atoms with Crippen molar-refractivity contribution in [2.24, 2.45) is 5.92 Å². The van der Waals surface area contributed by atoms with Gasteiger partial charge in [0, 0.05) is 19.3 Å². The number of pyridine rings is 1. The van der Waals surface area contributed by atoms with Crippen LogP contribution in [0, 0.1) is 5.92 Å². The van der Waals surface area contributed by atoms with Crippen LogP contribution in [0.3, 0.4) is 0 Å². The maximum atomic E-state index is 11.5. The lowest BCUT2D eigenvalue weighted by molar-refractivity contribution is 0.0526. The highest BCUT2D eigenvalue weighted by atomic mass is 16.5. The number of carbonyl (C=O) groups excluding carboxylic acids is 1. The van der Waals surface area contributed by atoms with Crippen molar-refractivity contribution in [3.63, 3.8) is 0 Å². The minimum atomic E-state index is -0.320. The van der Waals surface area contributed by atoms with Crippen LogP contribution in [0.25, 0.3) is 0 Å². The first-order valence-electron chi connectivity index (χ1n) is 7.78. The van der Waals surface area contributed by atoms with E-state index in [9.17, 15) is 4.79 Å². The Morgan fingerprint density at radius 2 is 2.19 bits per heavy atom. The second-order valence-electron chi connectivity index (χ2n) is 5.65. The van der Waals surface area contributed by atoms with Crippen molar-refractivity contribution in [3.8, 4) is 0 Å². The van der Waals surface area contributed by atoms with Gasteiger partial charge in [0.2, 0.25) is 0 Å². The summed E-state index contributed by atoms with van der Waals surface area (Å²) in [7, 11) is 0. The molecule has 5 nitrogen and oxygen atoms in total. The minimum Gasteiger partial charge on any atom is -0.462 e. The van der Waals surface area contributed by atoms with E-state index in [-0.39, 0.29) is 5.97 Å². The lowest BCUT2D eigenvalue weighted by Gasteiger charge is -2.20. The van der Waals surface area contributed by atoms with E-state index in [0.717, 1.165) is 18.9 Å². The molecule has 2 rings (SSSR count). The monoisotopic (exact) mass is 291 g/mol. The predicted octanol–water partition coefficient (Wildman–Crippen LogP) is 2.40. The molecule has 116 valence electrons. The third-order valence-corrected chi connectivity index (χ3v) is 3.67. The Hall–Kier alpha value is -1.62. The number of hydrogen-bond acceptors (Lipinski definition) is 5. The number of nitrogens with one attached hydrogen (secondary N) is 1. The number of carbonyl (C=O) groups is 1. The lowest BCUT2D eigenvalue weighted by atomic mass is 10.1. The molecule has 1 aliphatic heterocycles. The Morgan fingerprint density at radius 3 is 2.81 bits per heavy atom. The fourth-order valence-corrected chi connectivity index (χ4v) is 2.58. The van der Waals surface area contributed by atoms with Crippen molar-refractivity contribution >= 4 is 11.8 Å². The van der Waals surface area contributed by atoms with Crippen molar-refractivity contribution in [2.45, 2.75) is 26.7 Å². The van der Waals surface area contributed by atoms with Crippen molar-refractivity contribution in [1.29, 1.82) is 0 Å².